The van der Waals surface area contributed by atoms with Gasteiger partial charge in [0.05, 0.1) is 18.3 Å². The Hall–Kier alpha value is -3.02. The van der Waals surface area contributed by atoms with Gasteiger partial charge in [-0.3, -0.25) is 0 Å². The number of benzene rings is 1. The lowest BCUT2D eigenvalue weighted by atomic mass is 10.1. The number of alkyl carbamates (subject to hydrolysis) is 1. The first-order chi connectivity index (χ1) is 12.9. The quantitative estimate of drug-likeness (QED) is 0.738. The van der Waals surface area contributed by atoms with Crippen molar-refractivity contribution in [3.63, 3.8) is 0 Å². The van der Waals surface area contributed by atoms with Crippen LogP contribution in [-0.4, -0.2) is 34.7 Å². The molecule has 3 aromatic rings. The molecule has 0 radical (unpaired) electrons. The minimum absolute atomic E-state index is 0.420. The summed E-state index contributed by atoms with van der Waals surface area (Å²) in [7, 11) is 1.65. The molecule has 6 nitrogen and oxygen atoms in total. The molecule has 0 atom stereocenters. The summed E-state index contributed by atoms with van der Waals surface area (Å²) in [4.78, 5) is 16.7. The van der Waals surface area contributed by atoms with E-state index in [4.69, 9.17) is 14.5 Å². The number of nitrogens with zero attached hydrogens (tertiary/aromatic N) is 2. The van der Waals surface area contributed by atoms with Gasteiger partial charge in [0.25, 0.3) is 0 Å². The molecule has 0 fully saturated rings. The van der Waals surface area contributed by atoms with Gasteiger partial charge < -0.3 is 19.2 Å². The van der Waals surface area contributed by atoms with E-state index in [9.17, 15) is 4.79 Å². The monoisotopic (exact) mass is 367 g/mol. The second-order valence-electron chi connectivity index (χ2n) is 7.24. The number of hydrogen-bond donors (Lipinski definition) is 1. The maximum Gasteiger partial charge on any atom is 0.407 e. The van der Waals surface area contributed by atoms with E-state index in [0.717, 1.165) is 28.3 Å². The average molecular weight is 367 g/mol. The summed E-state index contributed by atoms with van der Waals surface area (Å²) in [6, 6.07) is 13.8. The van der Waals surface area contributed by atoms with Gasteiger partial charge in [0.15, 0.2) is 0 Å². The summed E-state index contributed by atoms with van der Waals surface area (Å²) in [6.07, 6.45) is 2.15. The first-order valence-corrected chi connectivity index (χ1v) is 8.94. The summed E-state index contributed by atoms with van der Waals surface area (Å²) in [5.41, 5.74) is 2.38. The van der Waals surface area contributed by atoms with Crippen LogP contribution in [0.15, 0.2) is 48.7 Å². The number of carbonyl (C=O) groups is 1. The molecule has 0 aliphatic carbocycles. The summed E-state index contributed by atoms with van der Waals surface area (Å²) in [5.74, 6) is 1.66. The summed E-state index contributed by atoms with van der Waals surface area (Å²) < 4.78 is 12.6. The molecule has 0 unspecified atom stereocenters. The Bertz CT molecular complexity index is 941. The van der Waals surface area contributed by atoms with Crippen molar-refractivity contribution in [2.45, 2.75) is 32.8 Å². The molecule has 142 valence electrons. The lowest BCUT2D eigenvalue weighted by molar-refractivity contribution is 0.0528. The minimum atomic E-state index is -0.510. The number of methoxy groups -OCH3 is 1. The Morgan fingerprint density at radius 1 is 1.19 bits per heavy atom. The molecule has 0 spiro atoms. The predicted molar refractivity (Wildman–Crippen MR) is 105 cm³/mol. The third-order valence-corrected chi connectivity index (χ3v) is 3.98. The third kappa shape index (κ3) is 4.58. The van der Waals surface area contributed by atoms with Gasteiger partial charge >= 0.3 is 6.09 Å². The molecule has 2 aromatic heterocycles. The van der Waals surface area contributed by atoms with E-state index in [1.54, 1.807) is 7.11 Å². The zero-order chi connectivity index (χ0) is 19.4. The van der Waals surface area contributed by atoms with Gasteiger partial charge in [-0.05, 0) is 45.0 Å². The first-order valence-electron chi connectivity index (χ1n) is 8.94. The Morgan fingerprint density at radius 2 is 2.00 bits per heavy atom. The predicted octanol–water partition coefficient (Wildman–Crippen LogP) is 4.08. The second-order valence-corrected chi connectivity index (χ2v) is 7.24. The largest absolute Gasteiger partial charge is 0.497 e. The molecule has 0 saturated heterocycles. The number of aromatic nitrogens is 2. The van der Waals surface area contributed by atoms with Gasteiger partial charge in [0.1, 0.15) is 17.2 Å². The Morgan fingerprint density at radius 3 is 2.74 bits per heavy atom. The fraction of sp³-hybridized carbons (Fsp3) is 0.333. The number of nitrogens with one attached hydrogen (secondary N) is 1. The zero-order valence-electron chi connectivity index (χ0n) is 16.2. The number of pyridine rings is 1. The summed E-state index contributed by atoms with van der Waals surface area (Å²) in [5, 5.41) is 2.79. The van der Waals surface area contributed by atoms with Gasteiger partial charge in [-0.25, -0.2) is 9.78 Å². The van der Waals surface area contributed by atoms with Crippen LogP contribution in [0.3, 0.4) is 0 Å². The number of imidazole rings is 1. The van der Waals surface area contributed by atoms with Crippen molar-refractivity contribution in [1.82, 2.24) is 14.7 Å². The molecule has 0 saturated carbocycles. The van der Waals surface area contributed by atoms with Crippen molar-refractivity contribution < 1.29 is 14.3 Å². The van der Waals surface area contributed by atoms with Crippen molar-refractivity contribution in [2.24, 2.45) is 0 Å². The molecule has 0 aliphatic heterocycles. The van der Waals surface area contributed by atoms with Crippen LogP contribution in [0.5, 0.6) is 5.75 Å². The van der Waals surface area contributed by atoms with Gasteiger partial charge in [-0.15, -0.1) is 0 Å². The Labute approximate surface area is 159 Å². The summed E-state index contributed by atoms with van der Waals surface area (Å²) >= 11 is 0. The molecular formula is C21H25N3O3. The lowest BCUT2D eigenvalue weighted by Crippen LogP contribution is -2.33. The van der Waals surface area contributed by atoms with Crippen LogP contribution in [0.4, 0.5) is 4.79 Å². The van der Waals surface area contributed by atoms with Crippen LogP contribution in [0.1, 0.15) is 26.6 Å². The van der Waals surface area contributed by atoms with Crippen LogP contribution in [0, 0.1) is 0 Å². The molecule has 1 aromatic carbocycles. The number of carbonyl (C=O) groups excluding carboxylic acids is 1. The van der Waals surface area contributed by atoms with Gasteiger partial charge in [-0.1, -0.05) is 18.2 Å². The maximum atomic E-state index is 11.8. The Kier molecular flexibility index (Phi) is 5.35. The number of rotatable bonds is 5. The van der Waals surface area contributed by atoms with E-state index in [1.165, 1.54) is 0 Å². The number of fused-ring (bicyclic) bond motifs is 1. The number of amides is 1. The van der Waals surface area contributed by atoms with Gasteiger partial charge in [0.2, 0.25) is 0 Å². The van der Waals surface area contributed by atoms with Crippen LogP contribution < -0.4 is 10.1 Å². The SMILES string of the molecule is COc1cccc(-c2nc(CCNC(=O)OC(C)(C)C)n3ccccc23)c1. The fourth-order valence-electron chi connectivity index (χ4n) is 2.85. The van der Waals surface area contributed by atoms with E-state index >= 15 is 0 Å². The standard InChI is InChI=1S/C21H25N3O3/c1-21(2,3)27-20(25)22-12-11-18-23-19(17-10-5-6-13-24(17)18)15-8-7-9-16(14-15)26-4/h5-10,13-14H,11-12H2,1-4H3,(H,22,25). The molecular weight excluding hydrogens is 342 g/mol. The normalized spacial score (nSPS) is 11.4. The van der Waals surface area contributed by atoms with Crippen molar-refractivity contribution in [2.75, 3.05) is 13.7 Å². The van der Waals surface area contributed by atoms with E-state index in [-0.39, 0.29) is 0 Å². The molecule has 6 heteroatoms. The van der Waals surface area contributed by atoms with E-state index < -0.39 is 11.7 Å². The van der Waals surface area contributed by atoms with Gasteiger partial charge in [-0.2, -0.15) is 0 Å². The highest BCUT2D eigenvalue weighted by Crippen LogP contribution is 2.27. The topological polar surface area (TPSA) is 64.9 Å². The third-order valence-electron chi connectivity index (χ3n) is 3.98. The molecule has 0 bridgehead atoms. The second kappa shape index (κ2) is 7.70. The van der Waals surface area contributed by atoms with Crippen molar-refractivity contribution in [3.8, 4) is 17.0 Å². The molecule has 3 rings (SSSR count). The highest BCUT2D eigenvalue weighted by molar-refractivity contribution is 5.78. The van der Waals surface area contributed by atoms with Crippen molar-refractivity contribution in [3.05, 3.63) is 54.5 Å². The van der Waals surface area contributed by atoms with Gasteiger partial charge in [0, 0.05) is 24.7 Å². The molecule has 1 amide bonds. The van der Waals surface area contributed by atoms with Crippen molar-refractivity contribution in [1.29, 1.82) is 0 Å². The summed E-state index contributed by atoms with van der Waals surface area (Å²) in [6.45, 7) is 5.97. The molecule has 0 aliphatic rings. The highest BCUT2D eigenvalue weighted by Gasteiger charge is 2.17. The van der Waals surface area contributed by atoms with E-state index in [2.05, 4.69) is 5.32 Å². The minimum Gasteiger partial charge on any atom is -0.497 e. The number of ether oxygens (including phenoxy) is 2. The van der Waals surface area contributed by atoms with Crippen LogP contribution in [-0.2, 0) is 11.2 Å². The van der Waals surface area contributed by atoms with Crippen LogP contribution >= 0.6 is 0 Å². The van der Waals surface area contributed by atoms with E-state index in [1.807, 2.05) is 73.8 Å². The lowest BCUT2D eigenvalue weighted by Gasteiger charge is -2.19. The Balaban J connectivity index is 1.81. The molecule has 27 heavy (non-hydrogen) atoms. The molecule has 1 N–H and O–H groups in total. The highest BCUT2D eigenvalue weighted by atomic mass is 16.6. The smallest absolute Gasteiger partial charge is 0.407 e. The molecule has 2 heterocycles. The maximum absolute atomic E-state index is 11.8. The van der Waals surface area contributed by atoms with E-state index in [0.29, 0.717) is 13.0 Å². The first kappa shape index (κ1) is 18.8. The average Bonchev–Trinajstić information content (AvgIpc) is 2.99. The number of hydrogen-bond acceptors (Lipinski definition) is 4. The van der Waals surface area contributed by atoms with Crippen LogP contribution in [0.2, 0.25) is 0 Å². The van der Waals surface area contributed by atoms with Crippen LogP contribution in [0.25, 0.3) is 16.8 Å². The van der Waals surface area contributed by atoms with Crippen molar-refractivity contribution >= 4 is 11.6 Å². The fourth-order valence-corrected chi connectivity index (χ4v) is 2.85. The zero-order valence-corrected chi connectivity index (χ0v) is 16.2.